The van der Waals surface area contributed by atoms with Crippen LogP contribution in [0.15, 0.2) is 77.7 Å². The maximum atomic E-state index is 13.7. The Balaban J connectivity index is 1.48. The quantitative estimate of drug-likeness (QED) is 0.314. The molecular formula is C28H26N2O6S2. The number of carbonyl (C=O) groups excluding carboxylic acids is 2. The summed E-state index contributed by atoms with van der Waals surface area (Å²) in [5, 5.41) is 0.750. The fourth-order valence-electron chi connectivity index (χ4n) is 4.43. The predicted molar refractivity (Wildman–Crippen MR) is 148 cm³/mol. The molecule has 2 heterocycles. The number of sulfonamides is 1. The van der Waals surface area contributed by atoms with Crippen LogP contribution in [0, 0.1) is 6.92 Å². The highest BCUT2D eigenvalue weighted by Crippen LogP contribution is 2.37. The third kappa shape index (κ3) is 4.61. The van der Waals surface area contributed by atoms with Gasteiger partial charge in [-0.2, -0.15) is 0 Å². The summed E-state index contributed by atoms with van der Waals surface area (Å²) in [6.45, 7) is 3.95. The number of hydrogen-bond donors (Lipinski definition) is 0. The average molecular weight is 551 g/mol. The minimum Gasteiger partial charge on any atom is -0.475 e. The van der Waals surface area contributed by atoms with Crippen LogP contribution in [-0.2, 0) is 19.6 Å². The molecule has 0 unspecified atom stereocenters. The van der Waals surface area contributed by atoms with Crippen molar-refractivity contribution in [1.82, 2.24) is 0 Å². The monoisotopic (exact) mass is 550 g/mol. The van der Waals surface area contributed by atoms with Gasteiger partial charge in [-0.1, -0.05) is 29.8 Å². The number of para-hydroxylation sites is 2. The number of hydrogen-bond acceptors (Lipinski definition) is 7. The Morgan fingerprint density at radius 2 is 1.82 bits per heavy atom. The number of aryl methyl sites for hydroxylation is 1. The highest BCUT2D eigenvalue weighted by atomic mass is 32.2. The minimum atomic E-state index is -3.76. The molecule has 38 heavy (non-hydrogen) atoms. The van der Waals surface area contributed by atoms with Crippen molar-refractivity contribution in [2.45, 2.75) is 24.8 Å². The number of benzene rings is 3. The Hall–Kier alpha value is -3.89. The lowest BCUT2D eigenvalue weighted by Gasteiger charge is -2.33. The van der Waals surface area contributed by atoms with Gasteiger partial charge in [0, 0.05) is 11.2 Å². The van der Waals surface area contributed by atoms with Crippen molar-refractivity contribution in [2.75, 3.05) is 29.4 Å². The van der Waals surface area contributed by atoms with Crippen LogP contribution in [0.25, 0.3) is 10.1 Å². The van der Waals surface area contributed by atoms with Crippen LogP contribution < -0.4 is 13.9 Å². The van der Waals surface area contributed by atoms with Crippen molar-refractivity contribution in [1.29, 1.82) is 0 Å². The molecule has 1 atom stereocenters. The smallest absolute Gasteiger partial charge is 0.348 e. The van der Waals surface area contributed by atoms with Crippen molar-refractivity contribution in [2.24, 2.45) is 0 Å². The lowest BCUT2D eigenvalue weighted by molar-refractivity contribution is -0.148. The molecule has 4 aromatic rings. The summed E-state index contributed by atoms with van der Waals surface area (Å²) in [6.07, 6.45) is -0.940. The van der Waals surface area contributed by atoms with E-state index in [1.165, 1.54) is 27.7 Å². The van der Waals surface area contributed by atoms with Crippen LogP contribution in [0.1, 0.15) is 22.2 Å². The highest BCUT2D eigenvalue weighted by molar-refractivity contribution is 7.92. The molecule has 1 aromatic heterocycles. The number of rotatable bonds is 6. The molecule has 0 radical (unpaired) electrons. The lowest BCUT2D eigenvalue weighted by Crippen LogP contribution is -2.47. The van der Waals surface area contributed by atoms with E-state index in [1.807, 2.05) is 13.0 Å². The Morgan fingerprint density at radius 1 is 1.08 bits per heavy atom. The first-order valence-corrected chi connectivity index (χ1v) is 14.3. The van der Waals surface area contributed by atoms with Crippen molar-refractivity contribution in [3.8, 4) is 5.75 Å². The Kier molecular flexibility index (Phi) is 6.85. The number of amides is 1. The van der Waals surface area contributed by atoms with Crippen LogP contribution >= 0.6 is 11.3 Å². The number of esters is 1. The van der Waals surface area contributed by atoms with E-state index in [-0.39, 0.29) is 23.9 Å². The van der Waals surface area contributed by atoms with Gasteiger partial charge >= 0.3 is 5.97 Å². The molecule has 0 saturated heterocycles. The summed E-state index contributed by atoms with van der Waals surface area (Å²) in [5.74, 6) is -0.421. The zero-order valence-electron chi connectivity index (χ0n) is 21.1. The molecule has 1 amide bonds. The molecule has 0 fully saturated rings. The van der Waals surface area contributed by atoms with Crippen LogP contribution in [0.4, 0.5) is 11.4 Å². The van der Waals surface area contributed by atoms with Crippen molar-refractivity contribution in [3.05, 3.63) is 83.2 Å². The van der Waals surface area contributed by atoms with Gasteiger partial charge < -0.3 is 9.47 Å². The zero-order chi connectivity index (χ0) is 27.0. The molecule has 1 aliphatic heterocycles. The molecular weight excluding hydrogens is 524 g/mol. The fraction of sp³-hybridized carbons (Fsp3) is 0.214. The van der Waals surface area contributed by atoms with Gasteiger partial charge in [-0.15, -0.1) is 11.3 Å². The van der Waals surface area contributed by atoms with Crippen LogP contribution in [0.2, 0.25) is 0 Å². The number of ether oxygens (including phenoxy) is 2. The third-order valence-corrected chi connectivity index (χ3v) is 9.40. The van der Waals surface area contributed by atoms with Gasteiger partial charge in [-0.25, -0.2) is 13.2 Å². The van der Waals surface area contributed by atoms with E-state index in [4.69, 9.17) is 9.47 Å². The number of thiophene rings is 1. The standard InChI is InChI=1S/C28H26N2O6S2/c1-4-30(38(33,34)21-12-9-18(2)10-13-21)20-11-14-25-19(15-20)16-26(37-25)27(31)29-17-24(28(32)35-3)36-23-8-6-5-7-22(23)29/h5-16,24H,4,17H2,1-3H3/t24-/m0/s1. The molecule has 0 spiro atoms. The zero-order valence-corrected chi connectivity index (χ0v) is 22.7. The number of nitrogens with zero attached hydrogens (tertiary/aromatic N) is 2. The van der Waals surface area contributed by atoms with E-state index >= 15 is 0 Å². The summed E-state index contributed by atoms with van der Waals surface area (Å²) in [4.78, 5) is 28.1. The second kappa shape index (κ2) is 10.1. The van der Waals surface area contributed by atoms with Gasteiger partial charge in [-0.05, 0) is 67.8 Å². The summed E-state index contributed by atoms with van der Waals surface area (Å²) in [5.41, 5.74) is 2.06. The second-order valence-electron chi connectivity index (χ2n) is 8.83. The SMILES string of the molecule is CCN(c1ccc2sc(C(=O)N3C[C@@H](C(=O)OC)Oc4ccccc43)cc2c1)S(=O)(=O)c1ccc(C)cc1. The van der Waals surface area contributed by atoms with E-state index in [0.29, 0.717) is 22.0 Å². The molecule has 0 saturated carbocycles. The van der Waals surface area contributed by atoms with E-state index in [1.54, 1.807) is 73.7 Å². The van der Waals surface area contributed by atoms with E-state index in [0.717, 1.165) is 15.6 Å². The molecule has 5 rings (SSSR count). The first-order chi connectivity index (χ1) is 18.2. The molecule has 1 aliphatic rings. The Morgan fingerprint density at radius 3 is 2.53 bits per heavy atom. The molecule has 196 valence electrons. The number of fused-ring (bicyclic) bond motifs is 2. The number of carbonyl (C=O) groups is 2. The third-order valence-electron chi connectivity index (χ3n) is 6.38. The van der Waals surface area contributed by atoms with Gasteiger partial charge in [-0.3, -0.25) is 14.0 Å². The van der Waals surface area contributed by atoms with Crippen LogP contribution in [0.5, 0.6) is 5.75 Å². The van der Waals surface area contributed by atoms with Crippen molar-refractivity contribution < 1.29 is 27.5 Å². The fourth-order valence-corrected chi connectivity index (χ4v) is 6.89. The van der Waals surface area contributed by atoms with Crippen molar-refractivity contribution in [3.63, 3.8) is 0 Å². The average Bonchev–Trinajstić information content (AvgIpc) is 3.35. The summed E-state index contributed by atoms with van der Waals surface area (Å²) in [6, 6.07) is 20.9. The van der Waals surface area contributed by atoms with E-state index in [2.05, 4.69) is 0 Å². The number of anilines is 2. The van der Waals surface area contributed by atoms with Crippen LogP contribution in [0.3, 0.4) is 0 Å². The van der Waals surface area contributed by atoms with Crippen LogP contribution in [-0.4, -0.2) is 46.6 Å². The maximum Gasteiger partial charge on any atom is 0.348 e. The first-order valence-electron chi connectivity index (χ1n) is 12.0. The topological polar surface area (TPSA) is 93.2 Å². The molecule has 0 bridgehead atoms. The molecule has 3 aromatic carbocycles. The van der Waals surface area contributed by atoms with Crippen molar-refractivity contribution >= 4 is 54.7 Å². The summed E-state index contributed by atoms with van der Waals surface area (Å²) in [7, 11) is -2.48. The Labute approximate surface area is 225 Å². The minimum absolute atomic E-state index is 0.0143. The number of methoxy groups -OCH3 is 1. The Bertz CT molecular complexity index is 1630. The summed E-state index contributed by atoms with van der Waals surface area (Å²) < 4.78 is 39.6. The van der Waals surface area contributed by atoms with E-state index < -0.39 is 22.1 Å². The van der Waals surface area contributed by atoms with Gasteiger partial charge in [0.2, 0.25) is 6.10 Å². The van der Waals surface area contributed by atoms with Gasteiger partial charge in [0.1, 0.15) is 5.75 Å². The van der Waals surface area contributed by atoms with Gasteiger partial charge in [0.25, 0.3) is 15.9 Å². The maximum absolute atomic E-state index is 13.7. The van der Waals surface area contributed by atoms with Gasteiger partial charge in [0.15, 0.2) is 0 Å². The van der Waals surface area contributed by atoms with Gasteiger partial charge in [0.05, 0.1) is 34.8 Å². The normalized spacial score (nSPS) is 15.0. The molecule has 10 heteroatoms. The van der Waals surface area contributed by atoms with E-state index in [9.17, 15) is 18.0 Å². The lowest BCUT2D eigenvalue weighted by atomic mass is 10.1. The summed E-state index contributed by atoms with van der Waals surface area (Å²) >= 11 is 1.31. The highest BCUT2D eigenvalue weighted by Gasteiger charge is 2.35. The predicted octanol–water partition coefficient (Wildman–Crippen LogP) is 5.01. The molecule has 8 nitrogen and oxygen atoms in total. The largest absolute Gasteiger partial charge is 0.475 e. The second-order valence-corrected chi connectivity index (χ2v) is 11.8. The molecule has 0 N–H and O–H groups in total. The first kappa shape index (κ1) is 25.7. The molecule has 0 aliphatic carbocycles.